The smallest absolute Gasteiger partial charge is 0.338 e. The zero-order valence-corrected chi connectivity index (χ0v) is 14.3. The molecule has 140 valence electrons. The van der Waals surface area contributed by atoms with Gasteiger partial charge in [-0.25, -0.2) is 9.67 Å². The highest BCUT2D eigenvalue weighted by Gasteiger charge is 2.43. The third-order valence-electron chi connectivity index (χ3n) is 4.47. The molecule has 26 heavy (non-hydrogen) atoms. The number of nitrogens with zero attached hydrogens (tertiary/aromatic N) is 4. The van der Waals surface area contributed by atoms with Gasteiger partial charge in [-0.05, 0) is 26.7 Å². The Morgan fingerprint density at radius 3 is 2.73 bits per heavy atom. The van der Waals surface area contributed by atoms with Gasteiger partial charge in [0.1, 0.15) is 0 Å². The van der Waals surface area contributed by atoms with Crippen molar-refractivity contribution in [1.82, 2.24) is 24.6 Å². The minimum Gasteiger partial charge on any atom is -0.338 e. The quantitative estimate of drug-likeness (QED) is 0.877. The number of hydrogen-bond acceptors (Lipinski definition) is 4. The lowest BCUT2D eigenvalue weighted by molar-refractivity contribution is -0.184. The number of H-pyrrole nitrogens is 1. The van der Waals surface area contributed by atoms with Crippen LogP contribution in [-0.2, 0) is 0 Å². The monoisotopic (exact) mass is 369 g/mol. The predicted molar refractivity (Wildman–Crippen MR) is 86.1 cm³/mol. The van der Waals surface area contributed by atoms with Crippen molar-refractivity contribution in [3.05, 3.63) is 39.6 Å². The van der Waals surface area contributed by atoms with Gasteiger partial charge in [0.2, 0.25) is 5.95 Å². The second-order valence-electron chi connectivity index (χ2n) is 6.40. The Morgan fingerprint density at radius 2 is 2.08 bits per heavy atom. The third kappa shape index (κ3) is 3.49. The maximum atomic E-state index is 13.0. The molecule has 2 aromatic rings. The maximum absolute atomic E-state index is 13.0. The molecule has 7 nitrogen and oxygen atoms in total. The van der Waals surface area contributed by atoms with E-state index in [2.05, 4.69) is 15.1 Å². The molecule has 3 heterocycles. The molecule has 1 aliphatic heterocycles. The molecule has 2 aromatic heterocycles. The van der Waals surface area contributed by atoms with Crippen LogP contribution in [0.2, 0.25) is 0 Å². The van der Waals surface area contributed by atoms with Gasteiger partial charge in [-0.15, -0.1) is 0 Å². The number of carbonyl (C=O) groups excluding carboxylic acids is 1. The molecular weight excluding hydrogens is 351 g/mol. The summed E-state index contributed by atoms with van der Waals surface area (Å²) >= 11 is 0. The Bertz CT molecular complexity index is 887. The van der Waals surface area contributed by atoms with Crippen LogP contribution in [0.25, 0.3) is 5.95 Å². The highest BCUT2D eigenvalue weighted by molar-refractivity contribution is 5.95. The van der Waals surface area contributed by atoms with E-state index in [4.69, 9.17) is 0 Å². The fourth-order valence-electron chi connectivity index (χ4n) is 3.10. The standard InChI is InChI=1S/C16H18F3N5O2/c1-9-6-13(25)22-15(21-9)24-10(2)12(7-20-24)14(26)23-5-3-4-11(8-23)16(17,18)19/h6-7,11H,3-5,8H2,1-2H3,(H,21,22,25). The summed E-state index contributed by atoms with van der Waals surface area (Å²) in [6.07, 6.45) is -2.70. The Morgan fingerprint density at radius 1 is 1.35 bits per heavy atom. The SMILES string of the molecule is Cc1cc(=O)[nH]c(-n2ncc(C(=O)N3CCCC(C(F)(F)F)C3)c2C)n1. The summed E-state index contributed by atoms with van der Waals surface area (Å²) in [5, 5.41) is 4.07. The summed E-state index contributed by atoms with van der Waals surface area (Å²) in [5.74, 6) is -1.86. The number of alkyl halides is 3. The molecule has 0 aliphatic carbocycles. The van der Waals surface area contributed by atoms with Crippen LogP contribution in [0.3, 0.4) is 0 Å². The number of aromatic nitrogens is 4. The van der Waals surface area contributed by atoms with Crippen molar-refractivity contribution in [2.45, 2.75) is 32.9 Å². The molecule has 1 unspecified atom stereocenters. The average molecular weight is 369 g/mol. The Hall–Kier alpha value is -2.65. The van der Waals surface area contributed by atoms with Crippen molar-refractivity contribution in [3.63, 3.8) is 0 Å². The first-order valence-corrected chi connectivity index (χ1v) is 8.16. The number of aryl methyl sites for hydroxylation is 1. The molecule has 1 saturated heterocycles. The minimum absolute atomic E-state index is 0.0278. The van der Waals surface area contributed by atoms with E-state index in [1.807, 2.05) is 0 Å². The number of piperidine rings is 1. The first-order valence-electron chi connectivity index (χ1n) is 8.16. The summed E-state index contributed by atoms with van der Waals surface area (Å²) in [5.41, 5.74) is 0.713. The number of halogens is 3. The summed E-state index contributed by atoms with van der Waals surface area (Å²) in [6, 6.07) is 1.32. The first-order chi connectivity index (χ1) is 12.2. The zero-order chi connectivity index (χ0) is 19.1. The van der Waals surface area contributed by atoms with Gasteiger partial charge in [0.25, 0.3) is 11.5 Å². The molecule has 0 spiro atoms. The third-order valence-corrected chi connectivity index (χ3v) is 4.47. The molecule has 0 aromatic carbocycles. The molecule has 0 radical (unpaired) electrons. The van der Waals surface area contributed by atoms with Gasteiger partial charge in [-0.2, -0.15) is 18.3 Å². The van der Waals surface area contributed by atoms with Crippen LogP contribution in [0.15, 0.2) is 17.1 Å². The van der Waals surface area contributed by atoms with Gasteiger partial charge >= 0.3 is 6.18 Å². The zero-order valence-electron chi connectivity index (χ0n) is 14.3. The lowest BCUT2D eigenvalue weighted by Crippen LogP contribution is -2.44. The number of likely N-dealkylation sites (tertiary alicyclic amines) is 1. The van der Waals surface area contributed by atoms with E-state index >= 15 is 0 Å². The van der Waals surface area contributed by atoms with Gasteiger partial charge in [-0.3, -0.25) is 14.6 Å². The van der Waals surface area contributed by atoms with Crippen molar-refractivity contribution in [2.24, 2.45) is 5.92 Å². The second kappa shape index (κ2) is 6.58. The Labute approximate surface area is 146 Å². The lowest BCUT2D eigenvalue weighted by atomic mass is 9.97. The van der Waals surface area contributed by atoms with Crippen molar-refractivity contribution >= 4 is 5.91 Å². The number of amides is 1. The molecule has 1 fully saturated rings. The maximum Gasteiger partial charge on any atom is 0.393 e. The second-order valence-corrected chi connectivity index (χ2v) is 6.40. The fraction of sp³-hybridized carbons (Fsp3) is 0.500. The number of nitrogens with one attached hydrogen (secondary N) is 1. The van der Waals surface area contributed by atoms with Gasteiger partial charge in [0, 0.05) is 24.8 Å². The summed E-state index contributed by atoms with van der Waals surface area (Å²) in [4.78, 5) is 32.2. The minimum atomic E-state index is -4.32. The fourth-order valence-corrected chi connectivity index (χ4v) is 3.10. The van der Waals surface area contributed by atoms with E-state index < -0.39 is 18.0 Å². The van der Waals surface area contributed by atoms with Gasteiger partial charge in [0.05, 0.1) is 23.4 Å². The molecular formula is C16H18F3N5O2. The normalized spacial score (nSPS) is 18.2. The Balaban J connectivity index is 1.87. The van der Waals surface area contributed by atoms with Crippen molar-refractivity contribution in [1.29, 1.82) is 0 Å². The number of rotatable bonds is 2. The molecule has 0 saturated carbocycles. The van der Waals surface area contributed by atoms with Crippen LogP contribution in [0.4, 0.5) is 13.2 Å². The average Bonchev–Trinajstić information content (AvgIpc) is 2.94. The highest BCUT2D eigenvalue weighted by Crippen LogP contribution is 2.33. The predicted octanol–water partition coefficient (Wildman–Crippen LogP) is 1.99. The number of aromatic amines is 1. The largest absolute Gasteiger partial charge is 0.393 e. The van der Waals surface area contributed by atoms with Crippen LogP contribution >= 0.6 is 0 Å². The van der Waals surface area contributed by atoms with Gasteiger partial charge in [-0.1, -0.05) is 0 Å². The molecule has 10 heteroatoms. The van der Waals surface area contributed by atoms with Crippen molar-refractivity contribution < 1.29 is 18.0 Å². The topological polar surface area (TPSA) is 83.9 Å². The first kappa shape index (κ1) is 18.2. The van der Waals surface area contributed by atoms with Crippen molar-refractivity contribution in [2.75, 3.05) is 13.1 Å². The van der Waals surface area contributed by atoms with Crippen molar-refractivity contribution in [3.8, 4) is 5.95 Å². The molecule has 1 amide bonds. The van der Waals surface area contributed by atoms with E-state index in [1.54, 1.807) is 13.8 Å². The van der Waals surface area contributed by atoms with Crippen LogP contribution < -0.4 is 5.56 Å². The lowest BCUT2D eigenvalue weighted by Gasteiger charge is -2.33. The van der Waals surface area contributed by atoms with Crippen LogP contribution in [0.5, 0.6) is 0 Å². The van der Waals surface area contributed by atoms with Crippen LogP contribution in [-0.4, -0.2) is 49.8 Å². The summed E-state index contributed by atoms with van der Waals surface area (Å²) in [7, 11) is 0. The highest BCUT2D eigenvalue weighted by atomic mass is 19.4. The van der Waals surface area contributed by atoms with Crippen LogP contribution in [0.1, 0.15) is 34.6 Å². The van der Waals surface area contributed by atoms with Crippen LogP contribution in [0, 0.1) is 19.8 Å². The number of hydrogen-bond donors (Lipinski definition) is 1. The van der Waals surface area contributed by atoms with E-state index in [9.17, 15) is 22.8 Å². The number of carbonyl (C=O) groups is 1. The van der Waals surface area contributed by atoms with E-state index in [0.717, 1.165) is 0 Å². The van der Waals surface area contributed by atoms with E-state index in [1.165, 1.54) is 21.8 Å². The Kier molecular flexibility index (Phi) is 4.59. The molecule has 3 rings (SSSR count). The molecule has 1 atom stereocenters. The molecule has 0 bridgehead atoms. The van der Waals surface area contributed by atoms with E-state index in [-0.39, 0.29) is 36.6 Å². The van der Waals surface area contributed by atoms with Gasteiger partial charge in [0.15, 0.2) is 0 Å². The summed E-state index contributed by atoms with van der Waals surface area (Å²) in [6.45, 7) is 3.17. The van der Waals surface area contributed by atoms with E-state index in [0.29, 0.717) is 17.8 Å². The molecule has 1 aliphatic rings. The van der Waals surface area contributed by atoms with Gasteiger partial charge < -0.3 is 4.90 Å². The summed E-state index contributed by atoms with van der Waals surface area (Å²) < 4.78 is 40.2. The molecule has 1 N–H and O–H groups in total.